The van der Waals surface area contributed by atoms with Crippen LogP contribution in [0.15, 0.2) is 97.1 Å². The van der Waals surface area contributed by atoms with Gasteiger partial charge < -0.3 is 19.7 Å². The molecule has 0 aliphatic carbocycles. The number of carbonyl (C=O) groups is 2. The first kappa shape index (κ1) is 29.8. The second kappa shape index (κ2) is 12.2. The maximum Gasteiger partial charge on any atom is 0.255 e. The number of nitrogens with one attached hydrogen (secondary N) is 1. The zero-order valence-corrected chi connectivity index (χ0v) is 27.2. The number of hydrogen-bond acceptors (Lipinski definition) is 3. The Hall–Kier alpha value is -4.84. The van der Waals surface area contributed by atoms with Gasteiger partial charge in [0.05, 0.1) is 11.7 Å². The molecule has 46 heavy (non-hydrogen) atoms. The highest BCUT2D eigenvalue weighted by Crippen LogP contribution is 2.48. The van der Waals surface area contributed by atoms with Crippen molar-refractivity contribution in [1.82, 2.24) is 9.47 Å². The molecule has 1 fully saturated rings. The third-order valence-electron chi connectivity index (χ3n) is 10.1. The largest absolute Gasteiger partial charge is 0.372 e. The summed E-state index contributed by atoms with van der Waals surface area (Å²) in [4.78, 5) is 33.3. The second-order valence-corrected chi connectivity index (χ2v) is 13.0. The summed E-state index contributed by atoms with van der Waals surface area (Å²) in [7, 11) is 2.10. The fraction of sp³-hybridized carbons (Fsp3) is 0.300. The first-order valence-corrected chi connectivity index (χ1v) is 16.6. The molecule has 2 amide bonds. The Kier molecular flexibility index (Phi) is 7.89. The van der Waals surface area contributed by atoms with Gasteiger partial charge in [0.15, 0.2) is 0 Å². The van der Waals surface area contributed by atoms with E-state index in [2.05, 4.69) is 109 Å². The monoisotopic (exact) mass is 610 g/mol. The normalized spacial score (nSPS) is 17.4. The summed E-state index contributed by atoms with van der Waals surface area (Å²) in [5.41, 5.74) is 8.99. The molecule has 0 bridgehead atoms. The molecule has 4 aromatic carbocycles. The van der Waals surface area contributed by atoms with E-state index >= 15 is 0 Å². The van der Waals surface area contributed by atoms with Crippen LogP contribution in [-0.4, -0.2) is 40.4 Å². The maximum atomic E-state index is 14.6. The van der Waals surface area contributed by atoms with Gasteiger partial charge in [-0.2, -0.15) is 0 Å². The molecule has 5 aromatic rings. The number of para-hydroxylation sites is 1. The van der Waals surface area contributed by atoms with Crippen LogP contribution in [0.4, 0.5) is 11.4 Å². The van der Waals surface area contributed by atoms with E-state index in [1.165, 1.54) is 24.1 Å². The molecule has 1 saturated heterocycles. The molecule has 7 rings (SSSR count). The summed E-state index contributed by atoms with van der Waals surface area (Å²) in [6.07, 6.45) is 3.18. The minimum atomic E-state index is -0.682. The first-order valence-electron chi connectivity index (χ1n) is 16.6. The number of aromatic nitrogens is 1. The number of aryl methyl sites for hydroxylation is 2. The Morgan fingerprint density at radius 3 is 2.28 bits per heavy atom. The fourth-order valence-electron chi connectivity index (χ4n) is 7.51. The van der Waals surface area contributed by atoms with E-state index in [1.807, 2.05) is 35.2 Å². The molecular weight excluding hydrogens is 568 g/mol. The lowest BCUT2D eigenvalue weighted by Crippen LogP contribution is -2.50. The zero-order valence-electron chi connectivity index (χ0n) is 27.2. The van der Waals surface area contributed by atoms with Crippen LogP contribution >= 0.6 is 0 Å². The van der Waals surface area contributed by atoms with Crippen LogP contribution in [0.3, 0.4) is 0 Å². The van der Waals surface area contributed by atoms with Crippen LogP contribution in [0.25, 0.3) is 22.2 Å². The summed E-state index contributed by atoms with van der Waals surface area (Å²) in [5, 5.41) is 4.29. The maximum absolute atomic E-state index is 14.6. The highest BCUT2D eigenvalue weighted by Gasteiger charge is 2.47. The molecule has 3 heterocycles. The van der Waals surface area contributed by atoms with E-state index < -0.39 is 12.1 Å². The number of amides is 2. The highest BCUT2D eigenvalue weighted by molar-refractivity contribution is 6.06. The molecule has 0 spiro atoms. The molecule has 6 heteroatoms. The number of fused-ring (bicyclic) bond motifs is 2. The van der Waals surface area contributed by atoms with E-state index in [-0.39, 0.29) is 17.7 Å². The number of nitrogens with zero attached hydrogens (tertiary/aromatic N) is 3. The van der Waals surface area contributed by atoms with Crippen molar-refractivity contribution in [2.45, 2.75) is 52.1 Å². The quantitative estimate of drug-likeness (QED) is 0.192. The van der Waals surface area contributed by atoms with Crippen LogP contribution in [0, 0.1) is 12.8 Å². The van der Waals surface area contributed by atoms with Gasteiger partial charge in [-0.05, 0) is 73.2 Å². The zero-order chi connectivity index (χ0) is 31.9. The summed E-state index contributed by atoms with van der Waals surface area (Å²) in [6, 6.07) is 31.9. The van der Waals surface area contributed by atoms with Crippen LogP contribution in [0.5, 0.6) is 0 Å². The van der Waals surface area contributed by atoms with Crippen LogP contribution in [-0.2, 0) is 11.8 Å². The topological polar surface area (TPSA) is 57.6 Å². The van der Waals surface area contributed by atoms with Crippen molar-refractivity contribution in [2.24, 2.45) is 13.0 Å². The van der Waals surface area contributed by atoms with Gasteiger partial charge in [-0.15, -0.1) is 0 Å². The van der Waals surface area contributed by atoms with Gasteiger partial charge in [0.2, 0.25) is 5.91 Å². The number of rotatable bonds is 8. The third-order valence-corrected chi connectivity index (χ3v) is 10.1. The smallest absolute Gasteiger partial charge is 0.255 e. The third kappa shape index (κ3) is 5.06. The van der Waals surface area contributed by atoms with Crippen molar-refractivity contribution in [1.29, 1.82) is 0 Å². The van der Waals surface area contributed by atoms with Gasteiger partial charge in [-0.25, -0.2) is 0 Å². The Labute approximate surface area is 271 Å². The predicted molar refractivity (Wildman–Crippen MR) is 187 cm³/mol. The molecule has 234 valence electrons. The average molecular weight is 611 g/mol. The number of anilines is 2. The molecule has 0 radical (unpaired) electrons. The minimum absolute atomic E-state index is 0.0811. The highest BCUT2D eigenvalue weighted by atomic mass is 16.2. The first-order chi connectivity index (χ1) is 22.4. The predicted octanol–water partition coefficient (Wildman–Crippen LogP) is 8.35. The SMILES string of the molecule is CCC(C)C(C(=O)Nc1ccc(N2CCCC2)cc1)N1C(=O)c2ccccc2C1c1c(-c2ccc(C)cc2)n(C)c2ccccc12. The molecule has 0 saturated carbocycles. The number of hydrogen-bond donors (Lipinski definition) is 1. The second-order valence-electron chi connectivity index (χ2n) is 13.0. The van der Waals surface area contributed by atoms with E-state index in [1.54, 1.807) is 0 Å². The van der Waals surface area contributed by atoms with E-state index in [0.717, 1.165) is 58.5 Å². The molecular formula is C40H42N4O2. The van der Waals surface area contributed by atoms with E-state index in [4.69, 9.17) is 0 Å². The molecule has 6 nitrogen and oxygen atoms in total. The summed E-state index contributed by atoms with van der Waals surface area (Å²) < 4.78 is 2.24. The lowest BCUT2D eigenvalue weighted by Gasteiger charge is -2.36. The molecule has 3 unspecified atom stereocenters. The van der Waals surface area contributed by atoms with Crippen LogP contribution in [0.2, 0.25) is 0 Å². The van der Waals surface area contributed by atoms with Crippen molar-refractivity contribution >= 4 is 34.1 Å². The molecule has 1 N–H and O–H groups in total. The van der Waals surface area contributed by atoms with Crippen LogP contribution < -0.4 is 10.2 Å². The van der Waals surface area contributed by atoms with E-state index in [0.29, 0.717) is 5.56 Å². The standard InChI is InChI=1S/C40H42N4O2/c1-5-27(3)36(39(45)41-29-20-22-30(23-21-29)43-24-10-11-25-43)44-38(31-12-6-7-13-32(31)40(44)46)35-33-14-8-9-15-34(33)42(4)37(35)28-18-16-26(2)17-19-28/h6-9,12-23,27,36,38H,5,10-11,24-25H2,1-4H3,(H,41,45). The Bertz CT molecular complexity index is 1900. The number of carbonyl (C=O) groups excluding carboxylic acids is 2. The van der Waals surface area contributed by atoms with Crippen molar-refractivity contribution in [3.05, 3.63) is 119 Å². The molecule has 3 atom stereocenters. The van der Waals surface area contributed by atoms with Crippen LogP contribution in [0.1, 0.15) is 66.2 Å². The van der Waals surface area contributed by atoms with Crippen molar-refractivity contribution in [3.63, 3.8) is 0 Å². The van der Waals surface area contributed by atoms with Crippen molar-refractivity contribution < 1.29 is 9.59 Å². The van der Waals surface area contributed by atoms with Gasteiger partial charge in [0, 0.05) is 53.5 Å². The van der Waals surface area contributed by atoms with Crippen molar-refractivity contribution in [3.8, 4) is 11.3 Å². The number of benzene rings is 4. The lowest BCUT2D eigenvalue weighted by atomic mass is 9.90. The fourth-order valence-corrected chi connectivity index (χ4v) is 7.51. The van der Waals surface area contributed by atoms with Gasteiger partial charge in [-0.3, -0.25) is 9.59 Å². The van der Waals surface area contributed by atoms with E-state index in [9.17, 15) is 9.59 Å². The average Bonchev–Trinajstić information content (AvgIpc) is 3.79. The lowest BCUT2D eigenvalue weighted by molar-refractivity contribution is -0.122. The summed E-state index contributed by atoms with van der Waals surface area (Å²) in [6.45, 7) is 8.40. The summed E-state index contributed by atoms with van der Waals surface area (Å²) >= 11 is 0. The Balaban J connectivity index is 1.36. The van der Waals surface area contributed by atoms with Gasteiger partial charge in [-0.1, -0.05) is 86.5 Å². The molecule has 2 aliphatic rings. The Morgan fingerprint density at radius 2 is 1.57 bits per heavy atom. The van der Waals surface area contributed by atoms with Gasteiger partial charge in [0.1, 0.15) is 6.04 Å². The van der Waals surface area contributed by atoms with Gasteiger partial charge >= 0.3 is 0 Å². The van der Waals surface area contributed by atoms with Gasteiger partial charge in [0.25, 0.3) is 5.91 Å². The minimum Gasteiger partial charge on any atom is -0.372 e. The van der Waals surface area contributed by atoms with Crippen molar-refractivity contribution in [2.75, 3.05) is 23.3 Å². The molecule has 1 aromatic heterocycles. The summed E-state index contributed by atoms with van der Waals surface area (Å²) in [5.74, 6) is -0.345. The molecule has 2 aliphatic heterocycles. The Morgan fingerprint density at radius 1 is 0.891 bits per heavy atom.